The van der Waals surface area contributed by atoms with Crippen LogP contribution < -0.4 is 16.1 Å². The van der Waals surface area contributed by atoms with Crippen molar-refractivity contribution in [2.24, 2.45) is 0 Å². The highest BCUT2D eigenvalue weighted by Gasteiger charge is 2.13. The van der Waals surface area contributed by atoms with Crippen molar-refractivity contribution in [1.29, 1.82) is 0 Å². The van der Waals surface area contributed by atoms with Crippen molar-refractivity contribution in [3.8, 4) is 0 Å². The summed E-state index contributed by atoms with van der Waals surface area (Å²) in [6.07, 6.45) is 3.84. The molecule has 4 radical (unpaired) electrons. The van der Waals surface area contributed by atoms with Crippen LogP contribution in [0.25, 0.3) is 0 Å². The number of imidazole rings is 1. The summed E-state index contributed by atoms with van der Waals surface area (Å²) in [6, 6.07) is 8.77. The Hall–Kier alpha value is -2.12. The monoisotopic (exact) mass is 376 g/mol. The Morgan fingerprint density at radius 1 is 0.615 bits per heavy atom. The molecule has 0 saturated carbocycles. The van der Waals surface area contributed by atoms with Gasteiger partial charge in [0, 0.05) is 12.4 Å². The highest BCUT2D eigenvalue weighted by atomic mass is 28.2. The zero-order valence-corrected chi connectivity index (χ0v) is 18.3. The Kier molecular flexibility index (Phi) is 5.20. The first kappa shape index (κ1) is 18.7. The first-order valence-electron chi connectivity index (χ1n) is 8.76. The summed E-state index contributed by atoms with van der Waals surface area (Å²) in [5.41, 5.74) is 7.64. The standard InChI is InChI=1S/C21H24N2OSi2/c1-13-9-15(3)19(16(4)10-13)25-22-7-8-23(21(22)24)26-20-17(5)11-14(2)12-18(20)6/h7-12H,1-6H3. The largest absolute Gasteiger partial charge is 0.323 e. The normalized spacial score (nSPS) is 11.2. The van der Waals surface area contributed by atoms with Crippen LogP contribution in [0.4, 0.5) is 0 Å². The van der Waals surface area contributed by atoms with Crippen molar-refractivity contribution in [2.45, 2.75) is 41.5 Å². The van der Waals surface area contributed by atoms with Crippen molar-refractivity contribution < 1.29 is 0 Å². The van der Waals surface area contributed by atoms with E-state index in [0.29, 0.717) is 19.4 Å². The summed E-state index contributed by atoms with van der Waals surface area (Å²) in [6.45, 7) is 12.7. The molecule has 1 aromatic heterocycles. The van der Waals surface area contributed by atoms with Gasteiger partial charge in [0.05, 0.1) is 0 Å². The average molecular weight is 377 g/mol. The second kappa shape index (κ2) is 7.25. The Morgan fingerprint density at radius 2 is 0.923 bits per heavy atom. The number of benzene rings is 2. The molecule has 132 valence electrons. The lowest BCUT2D eigenvalue weighted by Crippen LogP contribution is -2.39. The molecule has 0 aliphatic rings. The maximum atomic E-state index is 12.9. The maximum Gasteiger partial charge on any atom is 0.312 e. The Morgan fingerprint density at radius 3 is 1.23 bits per heavy atom. The summed E-state index contributed by atoms with van der Waals surface area (Å²) < 4.78 is 3.69. The minimum atomic E-state index is 0.0698. The third-order valence-electron chi connectivity index (χ3n) is 4.60. The molecule has 0 atom stereocenters. The maximum absolute atomic E-state index is 12.9. The lowest BCUT2D eigenvalue weighted by atomic mass is 10.1. The molecule has 5 heteroatoms. The van der Waals surface area contributed by atoms with E-state index in [9.17, 15) is 4.79 Å². The minimum Gasteiger partial charge on any atom is -0.323 e. The lowest BCUT2D eigenvalue weighted by molar-refractivity contribution is 1.04. The molecule has 2 aromatic carbocycles. The van der Waals surface area contributed by atoms with Crippen molar-refractivity contribution in [1.82, 2.24) is 8.47 Å². The molecule has 0 aliphatic carbocycles. The number of rotatable bonds is 4. The molecule has 0 amide bonds. The van der Waals surface area contributed by atoms with Crippen LogP contribution in [-0.2, 0) is 0 Å². The predicted octanol–water partition coefficient (Wildman–Crippen LogP) is 2.09. The van der Waals surface area contributed by atoms with Crippen LogP contribution in [0.15, 0.2) is 41.5 Å². The first-order chi connectivity index (χ1) is 12.3. The van der Waals surface area contributed by atoms with Gasteiger partial charge in [-0.2, -0.15) is 0 Å². The zero-order valence-electron chi connectivity index (χ0n) is 16.3. The van der Waals surface area contributed by atoms with Crippen LogP contribution in [-0.4, -0.2) is 27.8 Å². The number of hydrogen-bond donors (Lipinski definition) is 0. The van der Waals surface area contributed by atoms with E-state index in [1.807, 2.05) is 20.9 Å². The average Bonchev–Trinajstić information content (AvgIpc) is 2.87. The van der Waals surface area contributed by atoms with Gasteiger partial charge in [-0.05, 0) is 74.2 Å². The molecule has 0 bridgehead atoms. The molecule has 3 rings (SSSR count). The van der Waals surface area contributed by atoms with E-state index in [-0.39, 0.29) is 5.69 Å². The third kappa shape index (κ3) is 3.69. The molecule has 3 nitrogen and oxygen atoms in total. The summed E-state index contributed by atoms with van der Waals surface area (Å²) in [4.78, 5) is 12.9. The molecule has 1 heterocycles. The number of nitrogens with zero attached hydrogens (tertiary/aromatic N) is 2. The Balaban J connectivity index is 1.91. The molecule has 0 spiro atoms. The highest BCUT2D eigenvalue weighted by Crippen LogP contribution is 2.06. The quantitative estimate of drug-likeness (QED) is 0.641. The van der Waals surface area contributed by atoms with Gasteiger partial charge in [0.25, 0.3) is 0 Å². The number of hydrogen-bond acceptors (Lipinski definition) is 1. The molecule has 0 aliphatic heterocycles. The molecule has 3 aromatic rings. The minimum absolute atomic E-state index is 0.0698. The van der Waals surface area contributed by atoms with Gasteiger partial charge >= 0.3 is 5.69 Å². The van der Waals surface area contributed by atoms with E-state index in [4.69, 9.17) is 0 Å². The molecule has 0 fully saturated rings. The molecular formula is C21H24N2OSi2. The zero-order chi connectivity index (χ0) is 19.0. The Bertz CT molecular complexity index is 905. The van der Waals surface area contributed by atoms with Gasteiger partial charge in [-0.15, -0.1) is 0 Å². The van der Waals surface area contributed by atoms with Gasteiger partial charge < -0.3 is 8.47 Å². The number of aryl methyl sites for hydroxylation is 6. The van der Waals surface area contributed by atoms with Crippen LogP contribution >= 0.6 is 0 Å². The van der Waals surface area contributed by atoms with Crippen LogP contribution in [0.3, 0.4) is 0 Å². The van der Waals surface area contributed by atoms with Gasteiger partial charge in [-0.25, -0.2) is 4.79 Å². The first-order valence-corrected chi connectivity index (χ1v) is 10.7. The smallest absolute Gasteiger partial charge is 0.312 e. The molecule has 0 saturated heterocycles. The SMILES string of the molecule is Cc1cc(C)c([Si]n2ccn([Si]c3c(C)cc(C)cc3C)c2=O)c(C)c1. The summed E-state index contributed by atoms with van der Waals surface area (Å²) in [5, 5.41) is 2.53. The fourth-order valence-electron chi connectivity index (χ4n) is 3.50. The van der Waals surface area contributed by atoms with Crippen LogP contribution in [0, 0.1) is 41.5 Å². The van der Waals surface area contributed by atoms with E-state index in [2.05, 4.69) is 65.8 Å². The highest BCUT2D eigenvalue weighted by molar-refractivity contribution is 6.54. The van der Waals surface area contributed by atoms with Crippen molar-refractivity contribution in [2.75, 3.05) is 0 Å². The summed E-state index contributed by atoms with van der Waals surface area (Å²) in [7, 11) is 0.663. The van der Waals surface area contributed by atoms with E-state index < -0.39 is 0 Å². The van der Waals surface area contributed by atoms with Crippen molar-refractivity contribution in [3.05, 3.63) is 80.5 Å². The van der Waals surface area contributed by atoms with Crippen LogP contribution in [0.1, 0.15) is 33.4 Å². The number of aromatic nitrogens is 2. The summed E-state index contributed by atoms with van der Waals surface area (Å²) >= 11 is 0. The fraction of sp³-hybridized carbons (Fsp3) is 0.286. The molecule has 0 N–H and O–H groups in total. The van der Waals surface area contributed by atoms with Crippen molar-refractivity contribution >= 4 is 29.7 Å². The molecule has 26 heavy (non-hydrogen) atoms. The molecular weight excluding hydrogens is 352 g/mol. The molecule has 0 unspecified atom stereocenters. The lowest BCUT2D eigenvalue weighted by Gasteiger charge is -2.11. The van der Waals surface area contributed by atoms with Gasteiger partial charge in [0.15, 0.2) is 0 Å². The van der Waals surface area contributed by atoms with Gasteiger partial charge in [-0.3, -0.25) is 0 Å². The topological polar surface area (TPSA) is 26.9 Å². The second-order valence-electron chi connectivity index (χ2n) is 7.09. The van der Waals surface area contributed by atoms with E-state index in [0.717, 1.165) is 0 Å². The van der Waals surface area contributed by atoms with E-state index in [1.165, 1.54) is 43.8 Å². The van der Waals surface area contributed by atoms with Crippen LogP contribution in [0.2, 0.25) is 0 Å². The summed E-state index contributed by atoms with van der Waals surface area (Å²) in [5.74, 6) is 0. The second-order valence-corrected chi connectivity index (χ2v) is 9.50. The van der Waals surface area contributed by atoms with Crippen LogP contribution in [0.5, 0.6) is 0 Å². The van der Waals surface area contributed by atoms with Gasteiger partial charge in [-0.1, -0.05) is 35.4 Å². The van der Waals surface area contributed by atoms with Gasteiger partial charge in [0.1, 0.15) is 0 Å². The third-order valence-corrected chi connectivity index (χ3v) is 7.78. The van der Waals surface area contributed by atoms with E-state index >= 15 is 0 Å². The van der Waals surface area contributed by atoms with E-state index in [1.54, 1.807) is 0 Å². The van der Waals surface area contributed by atoms with Crippen molar-refractivity contribution in [3.63, 3.8) is 0 Å². The van der Waals surface area contributed by atoms with Gasteiger partial charge in [0.2, 0.25) is 19.4 Å². The Labute approximate surface area is 160 Å². The fourth-order valence-corrected chi connectivity index (χ4v) is 5.77. The predicted molar refractivity (Wildman–Crippen MR) is 112 cm³/mol.